The normalized spacial score (nSPS) is 12.3. The zero-order valence-corrected chi connectivity index (χ0v) is 11.0. The third-order valence-electron chi connectivity index (χ3n) is 2.30. The minimum atomic E-state index is -0.258. The highest BCUT2D eigenvalue weighted by Gasteiger charge is 2.15. The van der Waals surface area contributed by atoms with Crippen LogP contribution in [0.5, 0.6) is 0 Å². The number of methoxy groups -OCH3 is 1. The van der Waals surface area contributed by atoms with Gasteiger partial charge in [0, 0.05) is 19.2 Å². The summed E-state index contributed by atoms with van der Waals surface area (Å²) in [6.45, 7) is 2.32. The number of carbonyl (C=O) groups is 1. The number of nitrogens with zero attached hydrogens (tertiary/aromatic N) is 1. The summed E-state index contributed by atoms with van der Waals surface area (Å²) in [5.41, 5.74) is 0.279. The highest BCUT2D eigenvalue weighted by molar-refractivity contribution is 7.13. The van der Waals surface area contributed by atoms with Gasteiger partial charge in [0.2, 0.25) is 0 Å². The van der Waals surface area contributed by atoms with Gasteiger partial charge < -0.3 is 14.6 Å². The van der Waals surface area contributed by atoms with Crippen molar-refractivity contribution in [2.24, 2.45) is 0 Å². The Morgan fingerprint density at radius 1 is 1.67 bits per heavy atom. The SMILES string of the molecule is COCC(C)NC(=O)c1cc(-c2cccs2)on1. The van der Waals surface area contributed by atoms with Gasteiger partial charge in [-0.2, -0.15) is 0 Å². The van der Waals surface area contributed by atoms with Crippen LogP contribution < -0.4 is 5.32 Å². The zero-order valence-electron chi connectivity index (χ0n) is 10.2. The number of thiophene rings is 1. The molecule has 1 amide bonds. The van der Waals surface area contributed by atoms with Crippen LogP contribution in [0.2, 0.25) is 0 Å². The van der Waals surface area contributed by atoms with Gasteiger partial charge in [0.15, 0.2) is 11.5 Å². The Kier molecular flexibility index (Phi) is 4.11. The maximum absolute atomic E-state index is 11.8. The predicted octanol–water partition coefficient (Wildman–Crippen LogP) is 2.17. The van der Waals surface area contributed by atoms with Gasteiger partial charge in [0.05, 0.1) is 11.5 Å². The van der Waals surface area contributed by atoms with Crippen LogP contribution in [0.4, 0.5) is 0 Å². The van der Waals surface area contributed by atoms with E-state index in [-0.39, 0.29) is 17.6 Å². The molecule has 0 aliphatic rings. The summed E-state index contributed by atoms with van der Waals surface area (Å²) >= 11 is 1.54. The molecule has 0 bridgehead atoms. The number of aromatic nitrogens is 1. The maximum Gasteiger partial charge on any atom is 0.273 e. The van der Waals surface area contributed by atoms with Crippen molar-refractivity contribution in [3.63, 3.8) is 0 Å². The van der Waals surface area contributed by atoms with E-state index in [4.69, 9.17) is 9.26 Å². The lowest BCUT2D eigenvalue weighted by Gasteiger charge is -2.10. The van der Waals surface area contributed by atoms with Crippen molar-refractivity contribution in [1.29, 1.82) is 0 Å². The van der Waals surface area contributed by atoms with Crippen LogP contribution in [0.3, 0.4) is 0 Å². The Balaban J connectivity index is 2.04. The van der Waals surface area contributed by atoms with E-state index in [1.165, 1.54) is 11.3 Å². The Labute approximate surface area is 109 Å². The second-order valence-electron chi connectivity index (χ2n) is 3.88. The van der Waals surface area contributed by atoms with Crippen molar-refractivity contribution in [3.05, 3.63) is 29.3 Å². The van der Waals surface area contributed by atoms with Crippen LogP contribution in [0, 0.1) is 0 Å². The molecular formula is C12H14N2O3S. The highest BCUT2D eigenvalue weighted by atomic mass is 32.1. The summed E-state index contributed by atoms with van der Waals surface area (Å²) < 4.78 is 10.1. The Morgan fingerprint density at radius 2 is 2.50 bits per heavy atom. The third kappa shape index (κ3) is 2.96. The van der Waals surface area contributed by atoms with E-state index < -0.39 is 0 Å². The van der Waals surface area contributed by atoms with E-state index in [0.717, 1.165) is 4.88 Å². The van der Waals surface area contributed by atoms with Gasteiger partial charge in [-0.25, -0.2) is 0 Å². The molecule has 18 heavy (non-hydrogen) atoms. The van der Waals surface area contributed by atoms with Crippen molar-refractivity contribution < 1.29 is 14.1 Å². The average molecular weight is 266 g/mol. The number of carbonyl (C=O) groups excluding carboxylic acids is 1. The third-order valence-corrected chi connectivity index (χ3v) is 3.19. The van der Waals surface area contributed by atoms with Gasteiger partial charge in [-0.15, -0.1) is 11.3 Å². The van der Waals surface area contributed by atoms with Gasteiger partial charge in [-0.1, -0.05) is 11.2 Å². The number of amides is 1. The Hall–Kier alpha value is -1.66. The largest absolute Gasteiger partial charge is 0.383 e. The van der Waals surface area contributed by atoms with Crippen LogP contribution in [0.15, 0.2) is 28.1 Å². The van der Waals surface area contributed by atoms with Gasteiger partial charge in [-0.3, -0.25) is 4.79 Å². The molecule has 96 valence electrons. The zero-order chi connectivity index (χ0) is 13.0. The van der Waals surface area contributed by atoms with Crippen LogP contribution in [-0.4, -0.2) is 30.8 Å². The highest BCUT2D eigenvalue weighted by Crippen LogP contribution is 2.24. The fourth-order valence-corrected chi connectivity index (χ4v) is 2.18. The summed E-state index contributed by atoms with van der Waals surface area (Å²) in [7, 11) is 1.59. The van der Waals surface area contributed by atoms with E-state index in [1.807, 2.05) is 24.4 Å². The number of nitrogens with one attached hydrogen (secondary N) is 1. The van der Waals surface area contributed by atoms with Gasteiger partial charge in [-0.05, 0) is 18.4 Å². The fraction of sp³-hybridized carbons (Fsp3) is 0.333. The van der Waals surface area contributed by atoms with E-state index in [0.29, 0.717) is 12.4 Å². The Bertz CT molecular complexity index is 507. The molecule has 2 rings (SSSR count). The number of hydrogen-bond donors (Lipinski definition) is 1. The summed E-state index contributed by atoms with van der Waals surface area (Å²) in [4.78, 5) is 12.8. The molecule has 0 saturated carbocycles. The molecule has 0 fully saturated rings. The molecule has 6 heteroatoms. The summed E-state index contributed by atoms with van der Waals surface area (Å²) in [5.74, 6) is 0.348. The molecular weight excluding hydrogens is 252 g/mol. The molecule has 0 spiro atoms. The number of hydrogen-bond acceptors (Lipinski definition) is 5. The lowest BCUT2D eigenvalue weighted by molar-refractivity contribution is 0.0896. The average Bonchev–Trinajstić information content (AvgIpc) is 3.00. The molecule has 2 aromatic heterocycles. The number of ether oxygens (including phenoxy) is 1. The molecule has 2 heterocycles. The quantitative estimate of drug-likeness (QED) is 0.900. The molecule has 0 aliphatic carbocycles. The van der Waals surface area contributed by atoms with Crippen LogP contribution >= 0.6 is 11.3 Å². The molecule has 1 N–H and O–H groups in total. The standard InChI is InChI=1S/C12H14N2O3S/c1-8(7-16-2)13-12(15)9-6-10(17-14-9)11-4-3-5-18-11/h3-6,8H,7H2,1-2H3,(H,13,15). The summed E-state index contributed by atoms with van der Waals surface area (Å²) in [6, 6.07) is 5.41. The first-order chi connectivity index (χ1) is 8.70. The molecule has 1 atom stereocenters. The second kappa shape index (κ2) is 5.79. The van der Waals surface area contributed by atoms with Gasteiger partial charge in [0.25, 0.3) is 5.91 Å². The smallest absolute Gasteiger partial charge is 0.273 e. The van der Waals surface area contributed by atoms with Crippen LogP contribution in [-0.2, 0) is 4.74 Å². The van der Waals surface area contributed by atoms with Crippen molar-refractivity contribution >= 4 is 17.2 Å². The minimum Gasteiger partial charge on any atom is -0.383 e. The van der Waals surface area contributed by atoms with Crippen molar-refractivity contribution in [3.8, 4) is 10.6 Å². The van der Waals surface area contributed by atoms with Crippen molar-refractivity contribution in [2.45, 2.75) is 13.0 Å². The minimum absolute atomic E-state index is 0.0654. The first-order valence-corrected chi connectivity index (χ1v) is 6.39. The summed E-state index contributed by atoms with van der Waals surface area (Å²) in [6.07, 6.45) is 0. The maximum atomic E-state index is 11.8. The molecule has 0 radical (unpaired) electrons. The van der Waals surface area contributed by atoms with Crippen molar-refractivity contribution in [2.75, 3.05) is 13.7 Å². The molecule has 0 aromatic carbocycles. The fourth-order valence-electron chi connectivity index (χ4n) is 1.51. The van der Waals surface area contributed by atoms with E-state index in [9.17, 15) is 4.79 Å². The van der Waals surface area contributed by atoms with E-state index in [2.05, 4.69) is 10.5 Å². The molecule has 0 aliphatic heterocycles. The predicted molar refractivity (Wildman–Crippen MR) is 68.6 cm³/mol. The topological polar surface area (TPSA) is 64.4 Å². The van der Waals surface area contributed by atoms with Gasteiger partial charge >= 0.3 is 0 Å². The molecule has 2 aromatic rings. The van der Waals surface area contributed by atoms with Crippen LogP contribution in [0.25, 0.3) is 10.6 Å². The first-order valence-electron chi connectivity index (χ1n) is 5.51. The second-order valence-corrected chi connectivity index (χ2v) is 4.83. The van der Waals surface area contributed by atoms with E-state index >= 15 is 0 Å². The monoisotopic (exact) mass is 266 g/mol. The van der Waals surface area contributed by atoms with Crippen LogP contribution in [0.1, 0.15) is 17.4 Å². The molecule has 1 unspecified atom stereocenters. The van der Waals surface area contributed by atoms with Gasteiger partial charge in [0.1, 0.15) is 0 Å². The molecule has 0 saturated heterocycles. The van der Waals surface area contributed by atoms with E-state index in [1.54, 1.807) is 13.2 Å². The summed E-state index contributed by atoms with van der Waals surface area (Å²) in [5, 5.41) is 8.48. The first kappa shape index (κ1) is 12.8. The lowest BCUT2D eigenvalue weighted by atomic mass is 10.3. The Morgan fingerprint density at radius 3 is 3.17 bits per heavy atom. The lowest BCUT2D eigenvalue weighted by Crippen LogP contribution is -2.35. The van der Waals surface area contributed by atoms with Crippen molar-refractivity contribution in [1.82, 2.24) is 10.5 Å². The molecule has 5 nitrogen and oxygen atoms in total. The number of rotatable bonds is 5.